The molecule has 2 aromatic rings. The van der Waals surface area contributed by atoms with Crippen LogP contribution in [0.4, 0.5) is 5.69 Å². The molecule has 1 N–H and O–H groups in total. The number of hydrogen-bond donors (Lipinski definition) is 1. The van der Waals surface area contributed by atoms with E-state index in [2.05, 4.69) is 10.3 Å². The summed E-state index contributed by atoms with van der Waals surface area (Å²) in [5.74, 6) is 0.844. The lowest BCUT2D eigenvalue weighted by Crippen LogP contribution is -2.12. The van der Waals surface area contributed by atoms with Gasteiger partial charge in [0.05, 0.1) is 10.5 Å². The van der Waals surface area contributed by atoms with Crippen LogP contribution in [-0.4, -0.2) is 17.0 Å². The molecule has 0 fully saturated rings. The lowest BCUT2D eigenvalue weighted by Gasteiger charge is -2.11. The zero-order chi connectivity index (χ0) is 15.4. The van der Waals surface area contributed by atoms with E-state index in [4.69, 9.17) is 4.74 Å². The Labute approximate surface area is 122 Å². The summed E-state index contributed by atoms with van der Waals surface area (Å²) < 4.78 is 5.63. The number of nitrogens with one attached hydrogen (secondary N) is 1. The van der Waals surface area contributed by atoms with E-state index >= 15 is 0 Å². The van der Waals surface area contributed by atoms with Gasteiger partial charge in [-0.2, -0.15) is 0 Å². The fourth-order valence-electron chi connectivity index (χ4n) is 1.90. The number of rotatable bonds is 5. The van der Waals surface area contributed by atoms with Gasteiger partial charge in [0, 0.05) is 24.4 Å². The van der Waals surface area contributed by atoms with Crippen LogP contribution in [0.25, 0.3) is 0 Å². The maximum Gasteiger partial charge on any atom is 0.276 e. The SMILES string of the molecule is CNC(C)c1ccc(Oc2cccc([N+](=O)[O-])c2C)nc1. The first kappa shape index (κ1) is 14.9. The standard InChI is InChI=1S/C15H17N3O3/c1-10-13(18(19)20)5-4-6-14(10)21-15-8-7-12(9-17-15)11(2)16-3/h4-9,11,16H,1-3H3. The van der Waals surface area contributed by atoms with Crippen molar-refractivity contribution >= 4 is 5.69 Å². The van der Waals surface area contributed by atoms with Crippen molar-refractivity contribution in [1.82, 2.24) is 10.3 Å². The Bertz CT molecular complexity index is 641. The maximum absolute atomic E-state index is 10.9. The number of hydrogen-bond acceptors (Lipinski definition) is 5. The third-order valence-corrected chi connectivity index (χ3v) is 3.36. The summed E-state index contributed by atoms with van der Waals surface area (Å²) in [6.45, 7) is 3.69. The van der Waals surface area contributed by atoms with Crippen molar-refractivity contribution in [2.75, 3.05) is 7.05 Å². The average molecular weight is 287 g/mol. The molecule has 0 amide bonds. The van der Waals surface area contributed by atoms with E-state index in [1.807, 2.05) is 20.0 Å². The van der Waals surface area contributed by atoms with Gasteiger partial charge in [-0.15, -0.1) is 0 Å². The molecule has 1 unspecified atom stereocenters. The van der Waals surface area contributed by atoms with E-state index in [0.29, 0.717) is 17.2 Å². The number of pyridine rings is 1. The second-order valence-corrected chi connectivity index (χ2v) is 4.70. The summed E-state index contributed by atoms with van der Waals surface area (Å²) in [4.78, 5) is 14.7. The van der Waals surface area contributed by atoms with Crippen LogP contribution in [0.1, 0.15) is 24.1 Å². The van der Waals surface area contributed by atoms with Crippen LogP contribution in [0.15, 0.2) is 36.5 Å². The number of benzene rings is 1. The first-order chi connectivity index (χ1) is 10.0. The van der Waals surface area contributed by atoms with Crippen LogP contribution in [-0.2, 0) is 0 Å². The van der Waals surface area contributed by atoms with E-state index in [9.17, 15) is 10.1 Å². The Morgan fingerprint density at radius 2 is 2.10 bits per heavy atom. The second-order valence-electron chi connectivity index (χ2n) is 4.70. The van der Waals surface area contributed by atoms with E-state index in [1.54, 1.807) is 31.3 Å². The molecule has 1 aromatic carbocycles. The first-order valence-electron chi connectivity index (χ1n) is 6.58. The zero-order valence-electron chi connectivity index (χ0n) is 12.2. The summed E-state index contributed by atoms with van der Waals surface area (Å²) in [6, 6.07) is 8.60. The van der Waals surface area contributed by atoms with Gasteiger partial charge in [0.2, 0.25) is 5.88 Å². The summed E-state index contributed by atoms with van der Waals surface area (Å²) >= 11 is 0. The van der Waals surface area contributed by atoms with Crippen molar-refractivity contribution in [2.45, 2.75) is 19.9 Å². The Balaban J connectivity index is 2.22. The van der Waals surface area contributed by atoms with Gasteiger partial charge in [0.1, 0.15) is 5.75 Å². The monoisotopic (exact) mass is 287 g/mol. The molecular weight excluding hydrogens is 270 g/mol. The smallest absolute Gasteiger partial charge is 0.276 e. The number of nitro groups is 1. The van der Waals surface area contributed by atoms with Crippen LogP contribution in [0.5, 0.6) is 11.6 Å². The van der Waals surface area contributed by atoms with Crippen LogP contribution in [0.3, 0.4) is 0 Å². The van der Waals surface area contributed by atoms with E-state index < -0.39 is 4.92 Å². The molecule has 0 saturated heterocycles. The molecule has 6 heteroatoms. The van der Waals surface area contributed by atoms with Crippen molar-refractivity contribution in [2.24, 2.45) is 0 Å². The molecule has 6 nitrogen and oxygen atoms in total. The third kappa shape index (κ3) is 3.35. The molecule has 0 aliphatic heterocycles. The second kappa shape index (κ2) is 6.32. The fourth-order valence-corrected chi connectivity index (χ4v) is 1.90. The summed E-state index contributed by atoms with van der Waals surface area (Å²) in [5, 5.41) is 14.0. The average Bonchev–Trinajstić information content (AvgIpc) is 2.49. The highest BCUT2D eigenvalue weighted by Crippen LogP contribution is 2.30. The van der Waals surface area contributed by atoms with Gasteiger partial charge in [0.15, 0.2) is 0 Å². The normalized spacial score (nSPS) is 12.0. The number of ether oxygens (including phenoxy) is 1. The lowest BCUT2D eigenvalue weighted by atomic mass is 10.1. The van der Waals surface area contributed by atoms with Crippen molar-refractivity contribution in [3.8, 4) is 11.6 Å². The maximum atomic E-state index is 10.9. The Morgan fingerprint density at radius 1 is 1.33 bits per heavy atom. The minimum Gasteiger partial charge on any atom is -0.439 e. The highest BCUT2D eigenvalue weighted by Gasteiger charge is 2.15. The van der Waals surface area contributed by atoms with E-state index in [-0.39, 0.29) is 11.7 Å². The molecule has 0 spiro atoms. The molecule has 1 heterocycles. The van der Waals surface area contributed by atoms with Crippen LogP contribution >= 0.6 is 0 Å². The Kier molecular flexibility index (Phi) is 4.49. The molecule has 0 radical (unpaired) electrons. The van der Waals surface area contributed by atoms with Crippen molar-refractivity contribution in [1.29, 1.82) is 0 Å². The largest absolute Gasteiger partial charge is 0.439 e. The molecule has 110 valence electrons. The zero-order valence-corrected chi connectivity index (χ0v) is 12.2. The molecule has 0 aliphatic carbocycles. The molecule has 21 heavy (non-hydrogen) atoms. The minimum atomic E-state index is -0.423. The Hall–Kier alpha value is -2.47. The van der Waals surface area contributed by atoms with Crippen LogP contribution < -0.4 is 10.1 Å². The van der Waals surface area contributed by atoms with Crippen molar-refractivity contribution in [3.63, 3.8) is 0 Å². The molecule has 0 bridgehead atoms. The predicted octanol–water partition coefficient (Wildman–Crippen LogP) is 3.37. The third-order valence-electron chi connectivity index (χ3n) is 3.36. The molecule has 0 aliphatic rings. The lowest BCUT2D eigenvalue weighted by molar-refractivity contribution is -0.385. The van der Waals surface area contributed by atoms with Crippen molar-refractivity contribution in [3.05, 3.63) is 57.8 Å². The van der Waals surface area contributed by atoms with Crippen LogP contribution in [0, 0.1) is 17.0 Å². The summed E-state index contributed by atoms with van der Waals surface area (Å²) in [5.41, 5.74) is 1.56. The highest BCUT2D eigenvalue weighted by molar-refractivity contribution is 5.49. The first-order valence-corrected chi connectivity index (χ1v) is 6.58. The minimum absolute atomic E-state index is 0.0351. The molecule has 1 aromatic heterocycles. The molecule has 1 atom stereocenters. The van der Waals surface area contributed by atoms with Gasteiger partial charge in [-0.3, -0.25) is 10.1 Å². The summed E-state index contributed by atoms with van der Waals surface area (Å²) in [7, 11) is 1.88. The van der Waals surface area contributed by atoms with Crippen LogP contribution in [0.2, 0.25) is 0 Å². The predicted molar refractivity (Wildman–Crippen MR) is 79.6 cm³/mol. The Morgan fingerprint density at radius 3 is 2.67 bits per heavy atom. The van der Waals surface area contributed by atoms with Gasteiger partial charge in [-0.05, 0) is 32.5 Å². The fraction of sp³-hybridized carbons (Fsp3) is 0.267. The quantitative estimate of drug-likeness (QED) is 0.674. The summed E-state index contributed by atoms with van der Waals surface area (Å²) in [6.07, 6.45) is 1.73. The molecular formula is C15H17N3O3. The number of aromatic nitrogens is 1. The van der Waals surface area contributed by atoms with E-state index in [0.717, 1.165) is 5.56 Å². The van der Waals surface area contributed by atoms with Gasteiger partial charge in [-0.1, -0.05) is 12.1 Å². The van der Waals surface area contributed by atoms with Gasteiger partial charge >= 0.3 is 0 Å². The topological polar surface area (TPSA) is 77.3 Å². The molecule has 2 rings (SSSR count). The van der Waals surface area contributed by atoms with Gasteiger partial charge in [-0.25, -0.2) is 4.98 Å². The van der Waals surface area contributed by atoms with Crippen molar-refractivity contribution < 1.29 is 9.66 Å². The highest BCUT2D eigenvalue weighted by atomic mass is 16.6. The van der Waals surface area contributed by atoms with Gasteiger partial charge < -0.3 is 10.1 Å². The van der Waals surface area contributed by atoms with E-state index in [1.165, 1.54) is 6.07 Å². The van der Waals surface area contributed by atoms with Gasteiger partial charge in [0.25, 0.3) is 5.69 Å². The molecule has 0 saturated carbocycles. The number of nitro benzene ring substituents is 1. The number of nitrogens with zero attached hydrogens (tertiary/aromatic N) is 2.